The zero-order valence-corrected chi connectivity index (χ0v) is 13.1. The molecule has 0 N–H and O–H groups in total. The van der Waals surface area contributed by atoms with E-state index in [1.165, 1.54) is 17.2 Å². The number of benzene rings is 1. The molecule has 0 saturated heterocycles. The van der Waals surface area contributed by atoms with Gasteiger partial charge in [-0.05, 0) is 28.1 Å². The molecule has 5 nitrogen and oxygen atoms in total. The lowest BCUT2D eigenvalue weighted by atomic mass is 10.1. The van der Waals surface area contributed by atoms with Gasteiger partial charge in [-0.15, -0.1) is 0 Å². The van der Waals surface area contributed by atoms with Gasteiger partial charge in [-0.3, -0.25) is 14.5 Å². The number of amides is 1. The van der Waals surface area contributed by atoms with Gasteiger partial charge in [0.15, 0.2) is 0 Å². The van der Waals surface area contributed by atoms with Crippen LogP contribution in [0.25, 0.3) is 0 Å². The number of imidazole rings is 1. The SMILES string of the molecule is Cn1c(Cl)cnc1CN1C(=O)C(=O)c2cc(Br)c(F)cc21. The summed E-state index contributed by atoms with van der Waals surface area (Å²) in [6.45, 7) is 0.0435. The first-order chi connectivity index (χ1) is 9.90. The Bertz CT molecular complexity index is 790. The summed E-state index contributed by atoms with van der Waals surface area (Å²) in [5.41, 5.74) is 0.415. The van der Waals surface area contributed by atoms with E-state index in [0.29, 0.717) is 11.0 Å². The molecule has 2 heterocycles. The first kappa shape index (κ1) is 14.2. The predicted octanol–water partition coefficient (Wildman–Crippen LogP) is 2.70. The number of halogens is 3. The van der Waals surface area contributed by atoms with Crippen molar-refractivity contribution in [1.29, 1.82) is 0 Å². The molecule has 2 aromatic rings. The van der Waals surface area contributed by atoms with Crippen LogP contribution in [0.15, 0.2) is 22.8 Å². The van der Waals surface area contributed by atoms with Gasteiger partial charge in [0.05, 0.1) is 28.5 Å². The van der Waals surface area contributed by atoms with Gasteiger partial charge in [-0.25, -0.2) is 9.37 Å². The van der Waals surface area contributed by atoms with Crippen molar-refractivity contribution in [1.82, 2.24) is 9.55 Å². The fraction of sp³-hybridized carbons (Fsp3) is 0.154. The van der Waals surface area contributed by atoms with Crippen molar-refractivity contribution in [2.75, 3.05) is 4.90 Å². The van der Waals surface area contributed by atoms with E-state index in [2.05, 4.69) is 20.9 Å². The molecule has 1 aromatic heterocycles. The molecule has 8 heteroatoms. The van der Waals surface area contributed by atoms with Gasteiger partial charge in [0.25, 0.3) is 11.7 Å². The molecule has 0 fully saturated rings. The Kier molecular flexibility index (Phi) is 3.33. The van der Waals surface area contributed by atoms with Crippen molar-refractivity contribution in [2.45, 2.75) is 6.54 Å². The summed E-state index contributed by atoms with van der Waals surface area (Å²) < 4.78 is 15.4. The van der Waals surface area contributed by atoms with Crippen LogP contribution in [0.1, 0.15) is 16.2 Å². The number of hydrogen-bond acceptors (Lipinski definition) is 3. The minimum atomic E-state index is -0.707. The van der Waals surface area contributed by atoms with Crippen molar-refractivity contribution >= 4 is 44.9 Å². The predicted molar refractivity (Wildman–Crippen MR) is 77.8 cm³/mol. The first-order valence-corrected chi connectivity index (χ1v) is 7.08. The zero-order valence-electron chi connectivity index (χ0n) is 10.7. The normalized spacial score (nSPS) is 14.0. The van der Waals surface area contributed by atoms with Crippen LogP contribution in [0.2, 0.25) is 5.15 Å². The van der Waals surface area contributed by atoms with Crippen molar-refractivity contribution in [2.24, 2.45) is 7.05 Å². The summed E-state index contributed by atoms with van der Waals surface area (Å²) in [5, 5.41) is 0.408. The second kappa shape index (κ2) is 4.92. The maximum Gasteiger partial charge on any atom is 0.299 e. The van der Waals surface area contributed by atoms with Crippen LogP contribution in [0.3, 0.4) is 0 Å². The van der Waals surface area contributed by atoms with Crippen LogP contribution in [0.5, 0.6) is 0 Å². The average Bonchev–Trinajstić information content (AvgIpc) is 2.87. The van der Waals surface area contributed by atoms with E-state index in [1.54, 1.807) is 11.6 Å². The maximum absolute atomic E-state index is 13.7. The number of fused-ring (bicyclic) bond motifs is 1. The highest BCUT2D eigenvalue weighted by atomic mass is 79.9. The number of carbonyl (C=O) groups excluding carboxylic acids is 2. The molecule has 3 rings (SSSR count). The standard InChI is InChI=1S/C13H8BrClFN3O2/c1-18-10(15)4-17-11(18)5-19-9-3-8(16)7(14)2-6(9)12(20)13(19)21/h2-4H,5H2,1H3. The van der Waals surface area contributed by atoms with E-state index in [1.807, 2.05) is 0 Å². The second-order valence-corrected chi connectivity index (χ2v) is 5.80. The number of ketones is 1. The van der Waals surface area contributed by atoms with Crippen LogP contribution in [-0.4, -0.2) is 21.2 Å². The number of anilines is 1. The number of rotatable bonds is 2. The van der Waals surface area contributed by atoms with E-state index in [4.69, 9.17) is 11.6 Å². The minimum Gasteiger partial charge on any atom is -0.321 e. The Morgan fingerprint density at radius 1 is 1.38 bits per heavy atom. The fourth-order valence-electron chi connectivity index (χ4n) is 2.16. The largest absolute Gasteiger partial charge is 0.321 e. The molecule has 1 amide bonds. The highest BCUT2D eigenvalue weighted by Crippen LogP contribution is 2.34. The number of nitrogens with zero attached hydrogens (tertiary/aromatic N) is 3. The summed E-state index contributed by atoms with van der Waals surface area (Å²) in [6, 6.07) is 2.48. The summed E-state index contributed by atoms with van der Waals surface area (Å²) in [6.07, 6.45) is 1.45. The van der Waals surface area contributed by atoms with E-state index >= 15 is 0 Å². The second-order valence-electron chi connectivity index (χ2n) is 4.56. The Morgan fingerprint density at radius 2 is 2.10 bits per heavy atom. The third-order valence-electron chi connectivity index (χ3n) is 3.34. The number of aromatic nitrogens is 2. The van der Waals surface area contributed by atoms with E-state index < -0.39 is 17.5 Å². The van der Waals surface area contributed by atoms with Gasteiger partial charge in [0, 0.05) is 7.05 Å². The van der Waals surface area contributed by atoms with Gasteiger partial charge < -0.3 is 4.57 Å². The third-order valence-corrected chi connectivity index (χ3v) is 4.30. The third kappa shape index (κ3) is 2.16. The molecule has 0 aliphatic carbocycles. The van der Waals surface area contributed by atoms with E-state index in [9.17, 15) is 14.0 Å². The summed E-state index contributed by atoms with van der Waals surface area (Å²) in [4.78, 5) is 29.3. The van der Waals surface area contributed by atoms with Gasteiger partial charge in [0.2, 0.25) is 0 Å². The summed E-state index contributed by atoms with van der Waals surface area (Å²) in [7, 11) is 1.69. The Balaban J connectivity index is 2.05. The van der Waals surface area contributed by atoms with E-state index in [-0.39, 0.29) is 22.3 Å². The smallest absolute Gasteiger partial charge is 0.299 e. The van der Waals surface area contributed by atoms with Crippen LogP contribution >= 0.6 is 27.5 Å². The number of Topliss-reactive ketones (excluding diaryl/α,β-unsaturated/α-hetero) is 1. The van der Waals surface area contributed by atoms with Gasteiger partial charge in [0.1, 0.15) is 16.8 Å². The lowest BCUT2D eigenvalue weighted by Gasteiger charge is -2.16. The Morgan fingerprint density at radius 3 is 2.71 bits per heavy atom. The first-order valence-electron chi connectivity index (χ1n) is 5.91. The molecule has 1 aliphatic rings. The Labute approximate surface area is 132 Å². The summed E-state index contributed by atoms with van der Waals surface area (Å²) in [5.74, 6) is -1.41. The minimum absolute atomic E-state index is 0.0435. The lowest BCUT2D eigenvalue weighted by Crippen LogP contribution is -2.30. The highest BCUT2D eigenvalue weighted by molar-refractivity contribution is 9.10. The molecule has 0 saturated carbocycles. The van der Waals surface area contributed by atoms with Crippen LogP contribution in [0, 0.1) is 5.82 Å². The molecule has 108 valence electrons. The topological polar surface area (TPSA) is 55.2 Å². The van der Waals surface area contributed by atoms with Gasteiger partial charge in [-0.1, -0.05) is 11.6 Å². The van der Waals surface area contributed by atoms with Crippen LogP contribution in [-0.2, 0) is 18.4 Å². The highest BCUT2D eigenvalue weighted by Gasteiger charge is 2.37. The molecule has 1 aromatic carbocycles. The molecule has 0 atom stereocenters. The lowest BCUT2D eigenvalue weighted by molar-refractivity contribution is -0.114. The molecular formula is C13H8BrClFN3O2. The zero-order chi connectivity index (χ0) is 15.3. The molecule has 21 heavy (non-hydrogen) atoms. The van der Waals surface area contributed by atoms with Crippen LogP contribution < -0.4 is 4.90 Å². The molecule has 1 aliphatic heterocycles. The van der Waals surface area contributed by atoms with Gasteiger partial charge >= 0.3 is 0 Å². The van der Waals surface area contributed by atoms with E-state index in [0.717, 1.165) is 6.07 Å². The quantitative estimate of drug-likeness (QED) is 0.762. The maximum atomic E-state index is 13.7. The van der Waals surface area contributed by atoms with Crippen molar-refractivity contribution in [3.05, 3.63) is 45.2 Å². The summed E-state index contributed by atoms with van der Waals surface area (Å²) >= 11 is 8.90. The molecular weight excluding hydrogens is 365 g/mol. The fourth-order valence-corrected chi connectivity index (χ4v) is 2.65. The monoisotopic (exact) mass is 371 g/mol. The van der Waals surface area contributed by atoms with Crippen molar-refractivity contribution in [3.63, 3.8) is 0 Å². The van der Waals surface area contributed by atoms with Crippen molar-refractivity contribution < 1.29 is 14.0 Å². The average molecular weight is 373 g/mol. The molecule has 0 spiro atoms. The molecule has 0 bridgehead atoms. The molecule has 0 radical (unpaired) electrons. The number of hydrogen-bond donors (Lipinski definition) is 0. The van der Waals surface area contributed by atoms with Gasteiger partial charge in [-0.2, -0.15) is 0 Å². The van der Waals surface area contributed by atoms with Crippen molar-refractivity contribution in [3.8, 4) is 0 Å². The number of carbonyl (C=O) groups is 2. The van der Waals surface area contributed by atoms with Crippen LogP contribution in [0.4, 0.5) is 10.1 Å². The Hall–Kier alpha value is -1.73. The molecule has 0 unspecified atom stereocenters.